The zero-order valence-electron chi connectivity index (χ0n) is 22.2. The quantitative estimate of drug-likeness (QED) is 0.173. The van der Waals surface area contributed by atoms with Crippen molar-refractivity contribution in [3.8, 4) is 0 Å². The summed E-state index contributed by atoms with van der Waals surface area (Å²) in [6.07, 6.45) is 4.82. The van der Waals surface area contributed by atoms with Crippen LogP contribution in [0.1, 0.15) is 97.3 Å². The van der Waals surface area contributed by atoms with Crippen LogP contribution in [0.25, 0.3) is 0 Å². The number of amides is 1. The van der Waals surface area contributed by atoms with E-state index in [-0.39, 0.29) is 12.8 Å². The van der Waals surface area contributed by atoms with Crippen molar-refractivity contribution in [1.29, 1.82) is 5.41 Å². The third-order valence-electron chi connectivity index (χ3n) is 7.36. The summed E-state index contributed by atoms with van der Waals surface area (Å²) < 4.78 is 21.2. The first-order valence-electron chi connectivity index (χ1n) is 13.7. The second-order valence-corrected chi connectivity index (χ2v) is 10.3. The molecule has 12 heteroatoms. The molecule has 4 N–H and O–H groups in total. The van der Waals surface area contributed by atoms with E-state index < -0.39 is 65.5 Å². The predicted molar refractivity (Wildman–Crippen MR) is 138 cm³/mol. The highest BCUT2D eigenvalue weighted by Gasteiger charge is 2.61. The topological polar surface area (TPSA) is 165 Å². The van der Waals surface area contributed by atoms with Crippen molar-refractivity contribution in [2.75, 3.05) is 0 Å². The van der Waals surface area contributed by atoms with Gasteiger partial charge in [0.25, 0.3) is 5.91 Å². The Hall–Kier alpha value is -2.57. The van der Waals surface area contributed by atoms with Crippen molar-refractivity contribution >= 4 is 35.6 Å². The number of hydrogen-bond acceptors (Lipinski definition) is 9. The van der Waals surface area contributed by atoms with Gasteiger partial charge in [-0.3, -0.25) is 30.0 Å². The highest BCUT2D eigenvalue weighted by Crippen LogP contribution is 2.39. The molecule has 0 aromatic heterocycles. The van der Waals surface area contributed by atoms with Crippen LogP contribution >= 0.6 is 0 Å². The van der Waals surface area contributed by atoms with Gasteiger partial charge < -0.3 is 14.9 Å². The first kappa shape index (κ1) is 30.0. The fourth-order valence-corrected chi connectivity index (χ4v) is 5.06. The molecule has 212 valence electrons. The molecule has 11 nitrogen and oxygen atoms in total. The second kappa shape index (κ2) is 13.0. The molecule has 1 amide bonds. The maximum absolute atomic E-state index is 15.3. The lowest BCUT2D eigenvalue weighted by Gasteiger charge is -2.29. The number of hydrogen-bond donors (Lipinski definition) is 4. The number of nitrogens with one attached hydrogen (secondary N) is 2. The van der Waals surface area contributed by atoms with E-state index in [2.05, 4.69) is 23.8 Å². The molecule has 2 unspecified atom stereocenters. The summed E-state index contributed by atoms with van der Waals surface area (Å²) in [6, 6.07) is 0. The highest BCUT2D eigenvalue weighted by atomic mass is 19.1. The molecule has 3 rings (SSSR count). The largest absolute Gasteiger partial charge is 0.382 e. The van der Waals surface area contributed by atoms with Crippen molar-refractivity contribution in [3.63, 3.8) is 0 Å². The summed E-state index contributed by atoms with van der Waals surface area (Å²) in [5.41, 5.74) is -2.22. The third kappa shape index (κ3) is 6.35. The molecule has 0 aliphatic carbocycles. The summed E-state index contributed by atoms with van der Waals surface area (Å²) in [4.78, 5) is 46.6. The molecule has 1 fully saturated rings. The number of amidine groups is 1. The minimum atomic E-state index is -2.89. The van der Waals surface area contributed by atoms with Crippen LogP contribution in [0, 0.1) is 5.41 Å². The van der Waals surface area contributed by atoms with Gasteiger partial charge in [-0.1, -0.05) is 65.2 Å². The zero-order chi connectivity index (χ0) is 27.9. The van der Waals surface area contributed by atoms with Gasteiger partial charge in [-0.15, -0.1) is 0 Å². The minimum Gasteiger partial charge on any atom is -0.382 e. The van der Waals surface area contributed by atoms with Crippen molar-refractivity contribution in [2.45, 2.75) is 127 Å². The van der Waals surface area contributed by atoms with E-state index in [1.54, 1.807) is 0 Å². The van der Waals surface area contributed by atoms with Crippen LogP contribution in [0.5, 0.6) is 0 Å². The zero-order valence-corrected chi connectivity index (χ0v) is 22.2. The van der Waals surface area contributed by atoms with Gasteiger partial charge in [-0.05, 0) is 12.8 Å². The normalized spacial score (nSPS) is 29.3. The molecule has 5 atom stereocenters. The summed E-state index contributed by atoms with van der Waals surface area (Å²) in [5, 5.41) is 32.1. The molecule has 3 aliphatic rings. The van der Waals surface area contributed by atoms with Crippen molar-refractivity contribution in [2.24, 2.45) is 9.98 Å². The molecule has 1 saturated heterocycles. The fraction of sp³-hybridized carbons (Fsp3) is 0.769. The number of aliphatic hydroxyl groups excluding tert-OH is 1. The van der Waals surface area contributed by atoms with Gasteiger partial charge in [-0.2, -0.15) is 9.38 Å². The number of ketones is 2. The number of guanidine groups is 1. The lowest BCUT2D eigenvalue weighted by molar-refractivity contribution is -0.160. The average molecular weight is 538 g/mol. The Labute approximate surface area is 222 Å². The Morgan fingerprint density at radius 3 is 2.39 bits per heavy atom. The Balaban J connectivity index is 1.78. The minimum absolute atomic E-state index is 0.0276. The molecule has 0 aromatic carbocycles. The molecule has 3 heterocycles. The molecule has 0 aromatic rings. The van der Waals surface area contributed by atoms with Gasteiger partial charge in [-0.25, -0.2) is 4.99 Å². The number of carbonyl (C=O) groups is 3. The van der Waals surface area contributed by atoms with Crippen LogP contribution in [-0.2, 0) is 19.1 Å². The maximum atomic E-state index is 15.3. The molecular weight excluding hydrogens is 497 g/mol. The summed E-state index contributed by atoms with van der Waals surface area (Å²) in [6.45, 7) is 4.16. The van der Waals surface area contributed by atoms with E-state index >= 15 is 4.39 Å². The number of unbranched alkanes of at least 4 members (excludes halogenated alkanes) is 8. The van der Waals surface area contributed by atoms with E-state index in [0.29, 0.717) is 12.8 Å². The first-order valence-corrected chi connectivity index (χ1v) is 13.7. The van der Waals surface area contributed by atoms with E-state index in [1.165, 1.54) is 0 Å². The van der Waals surface area contributed by atoms with Gasteiger partial charge >= 0.3 is 5.79 Å². The Morgan fingerprint density at radius 2 is 1.76 bits per heavy atom. The van der Waals surface area contributed by atoms with Gasteiger partial charge in [0.15, 0.2) is 23.0 Å². The van der Waals surface area contributed by atoms with E-state index in [0.717, 1.165) is 62.6 Å². The van der Waals surface area contributed by atoms with Gasteiger partial charge in [0.2, 0.25) is 5.96 Å². The lowest BCUT2D eigenvalue weighted by Crippen LogP contribution is -2.57. The van der Waals surface area contributed by atoms with Crippen LogP contribution in [0.3, 0.4) is 0 Å². The number of Topliss-reactive ketones (excluding diaryl/α,β-unsaturated/α-hetero) is 2. The van der Waals surface area contributed by atoms with Crippen molar-refractivity contribution in [3.05, 3.63) is 0 Å². The molecule has 0 bridgehead atoms. The van der Waals surface area contributed by atoms with Gasteiger partial charge in [0.05, 0.1) is 6.34 Å². The van der Waals surface area contributed by atoms with Crippen molar-refractivity contribution < 1.29 is 33.7 Å². The molecule has 3 aliphatic heterocycles. The monoisotopic (exact) mass is 537 g/mol. The Bertz CT molecular complexity index is 974. The van der Waals surface area contributed by atoms with Crippen LogP contribution in [0.4, 0.5) is 4.39 Å². The Kier molecular flexibility index (Phi) is 10.2. The number of ether oxygens (including phenoxy) is 1. The van der Waals surface area contributed by atoms with Gasteiger partial charge in [0, 0.05) is 19.3 Å². The summed E-state index contributed by atoms with van der Waals surface area (Å²) in [5.74, 6) is -6.34. The van der Waals surface area contributed by atoms with Gasteiger partial charge in [0.1, 0.15) is 18.4 Å². The van der Waals surface area contributed by atoms with Crippen molar-refractivity contribution in [1.82, 2.24) is 10.2 Å². The maximum Gasteiger partial charge on any atom is 0.338 e. The first-order chi connectivity index (χ1) is 18.1. The fourth-order valence-electron chi connectivity index (χ4n) is 5.06. The predicted octanol–water partition coefficient (Wildman–Crippen LogP) is 2.53. The van der Waals surface area contributed by atoms with E-state index in [1.807, 2.05) is 5.32 Å². The number of halogens is 1. The second-order valence-electron chi connectivity index (χ2n) is 10.3. The molecule has 38 heavy (non-hydrogen) atoms. The summed E-state index contributed by atoms with van der Waals surface area (Å²) >= 11 is 0. The third-order valence-corrected chi connectivity index (χ3v) is 7.36. The van der Waals surface area contributed by atoms with Crippen LogP contribution < -0.4 is 5.32 Å². The summed E-state index contributed by atoms with van der Waals surface area (Å²) in [7, 11) is 0. The molecule has 0 saturated carbocycles. The highest BCUT2D eigenvalue weighted by molar-refractivity contribution is 6.25. The Morgan fingerprint density at radius 1 is 1.16 bits per heavy atom. The molecular formula is C26H40FN5O6. The molecule has 0 spiro atoms. The number of nitrogens with zero attached hydrogens (tertiary/aromatic N) is 3. The number of rotatable bonds is 16. The standard InChI is InChI=1S/C26H40FN5O6/c1-3-5-7-9-11-13-17(33)20(35)21-25(37,18(34)14-12-10-8-6-4-2)15-19(38-21)32-16-29-26(27)22(32)30-24(28)31-23(26)36/h16,19-21,35,37H,3-15H2,1-2H3,(H2,28,31,36)/t19-,20?,21-,25-,26?/m1/s1. The number of fused-ring (bicyclic) bond motifs is 1. The van der Waals surface area contributed by atoms with E-state index in [9.17, 15) is 24.6 Å². The number of carbonyl (C=O) groups excluding carboxylic acids is 3. The number of alkyl halides is 1. The average Bonchev–Trinajstić information content (AvgIpc) is 3.41. The van der Waals surface area contributed by atoms with Crippen LogP contribution in [-0.4, -0.2) is 80.5 Å². The smallest absolute Gasteiger partial charge is 0.338 e. The molecule has 0 radical (unpaired) electrons. The number of aliphatic imine (C=N–C) groups is 2. The van der Waals surface area contributed by atoms with Crippen LogP contribution in [0.2, 0.25) is 0 Å². The van der Waals surface area contributed by atoms with E-state index in [4.69, 9.17) is 10.1 Å². The number of aliphatic hydroxyl groups is 2. The van der Waals surface area contributed by atoms with Crippen LogP contribution in [0.15, 0.2) is 9.98 Å². The SMILES string of the molecule is CCCCCCCC(=O)C(O)[C@H]1O[C@@H](N2C=NC3(F)C(=O)NC(=N)N=C23)C[C@@]1(O)C(=O)CCCCCCC. The lowest BCUT2D eigenvalue weighted by atomic mass is 9.83.